The lowest BCUT2D eigenvalue weighted by molar-refractivity contribution is -0.130. The molecule has 2 aliphatic heterocycles. The van der Waals surface area contributed by atoms with Gasteiger partial charge in [-0.15, -0.1) is 3.89 Å². The van der Waals surface area contributed by atoms with Gasteiger partial charge in [-0.3, -0.25) is 4.79 Å². The van der Waals surface area contributed by atoms with Crippen LogP contribution in [0.2, 0.25) is 0 Å². The Hall–Kier alpha value is -1.38. The zero-order chi connectivity index (χ0) is 15.6. The molecule has 21 heavy (non-hydrogen) atoms. The van der Waals surface area contributed by atoms with Crippen molar-refractivity contribution in [2.45, 2.75) is 37.5 Å². The third-order valence-electron chi connectivity index (χ3n) is 3.95. The third kappa shape index (κ3) is 3.63. The number of rotatable bonds is 3. The zero-order valence-electron chi connectivity index (χ0n) is 11.8. The molecule has 7 nitrogen and oxygen atoms in total. The molecule has 0 aromatic carbocycles. The van der Waals surface area contributed by atoms with Crippen LogP contribution in [0.4, 0.5) is 8.68 Å². The summed E-state index contributed by atoms with van der Waals surface area (Å²) in [6, 6.07) is -0.144. The fraction of sp³-hybridized carbons (Fsp3) is 0.833. The van der Waals surface area contributed by atoms with E-state index in [0.717, 1.165) is 0 Å². The van der Waals surface area contributed by atoms with E-state index in [1.807, 2.05) is 0 Å². The van der Waals surface area contributed by atoms with Crippen LogP contribution in [0.3, 0.4) is 0 Å². The first kappa shape index (κ1) is 16.0. The molecule has 0 bridgehead atoms. The van der Waals surface area contributed by atoms with Crippen LogP contribution in [0.5, 0.6) is 0 Å². The normalized spacial score (nSPS) is 24.5. The largest absolute Gasteiger partial charge is 0.450 e. The van der Waals surface area contributed by atoms with Crippen molar-refractivity contribution in [1.29, 1.82) is 0 Å². The van der Waals surface area contributed by atoms with Crippen LogP contribution in [0.25, 0.3) is 0 Å². The van der Waals surface area contributed by atoms with Gasteiger partial charge < -0.3 is 14.5 Å². The van der Waals surface area contributed by atoms with Gasteiger partial charge in [0.15, 0.2) is 0 Å². The Labute approximate surface area is 123 Å². The van der Waals surface area contributed by atoms with E-state index in [1.165, 1.54) is 4.90 Å². The van der Waals surface area contributed by atoms with Crippen LogP contribution < -0.4 is 0 Å². The Morgan fingerprint density at radius 2 is 2.00 bits per heavy atom. The molecule has 2 fully saturated rings. The molecule has 120 valence electrons. The molecule has 0 aromatic heterocycles. The molecule has 0 aromatic rings. The first-order valence-electron chi connectivity index (χ1n) is 6.97. The van der Waals surface area contributed by atoms with E-state index in [4.69, 9.17) is 4.74 Å². The van der Waals surface area contributed by atoms with E-state index in [9.17, 15) is 21.9 Å². The highest BCUT2D eigenvalue weighted by molar-refractivity contribution is 7.87. The summed E-state index contributed by atoms with van der Waals surface area (Å²) in [5.41, 5.74) is 0. The predicted octanol–water partition coefficient (Wildman–Crippen LogP) is 0.508. The Kier molecular flexibility index (Phi) is 4.70. The minimum absolute atomic E-state index is 0.0955. The van der Waals surface area contributed by atoms with Gasteiger partial charge in [-0.2, -0.15) is 8.42 Å². The third-order valence-corrected chi connectivity index (χ3v) is 5.06. The molecule has 0 N–H and O–H groups in total. The fourth-order valence-corrected chi connectivity index (χ4v) is 3.49. The number of halogens is 1. The van der Waals surface area contributed by atoms with Gasteiger partial charge in [0.2, 0.25) is 5.91 Å². The van der Waals surface area contributed by atoms with Gasteiger partial charge in [-0.1, -0.05) is 0 Å². The summed E-state index contributed by atoms with van der Waals surface area (Å²) in [4.78, 5) is 26.4. The predicted molar refractivity (Wildman–Crippen MR) is 71.8 cm³/mol. The second kappa shape index (κ2) is 6.17. The summed E-state index contributed by atoms with van der Waals surface area (Å²) in [6.07, 6.45) is 0.414. The van der Waals surface area contributed by atoms with Crippen molar-refractivity contribution in [2.75, 3.05) is 26.2 Å². The number of hydrogen-bond acceptors (Lipinski definition) is 5. The average molecular weight is 322 g/mol. The summed E-state index contributed by atoms with van der Waals surface area (Å²) >= 11 is 0. The molecular weight excluding hydrogens is 303 g/mol. The second-order valence-corrected chi connectivity index (χ2v) is 6.88. The summed E-state index contributed by atoms with van der Waals surface area (Å²) < 4.78 is 39.7. The molecule has 0 radical (unpaired) electrons. The number of nitrogens with zero attached hydrogens (tertiary/aromatic N) is 2. The molecule has 0 aliphatic carbocycles. The van der Waals surface area contributed by atoms with Crippen molar-refractivity contribution in [3.8, 4) is 0 Å². The monoisotopic (exact) mass is 322 g/mol. The number of hydrogen-bond donors (Lipinski definition) is 0. The summed E-state index contributed by atoms with van der Waals surface area (Å²) in [5, 5.41) is -1.26. The minimum Gasteiger partial charge on any atom is -0.450 e. The summed E-state index contributed by atoms with van der Waals surface area (Å²) in [5.74, 6) is -0.337. The van der Waals surface area contributed by atoms with Crippen molar-refractivity contribution >= 4 is 22.2 Å². The van der Waals surface area contributed by atoms with Gasteiger partial charge in [-0.25, -0.2) is 4.79 Å². The first-order valence-corrected chi connectivity index (χ1v) is 8.42. The van der Waals surface area contributed by atoms with E-state index < -0.39 is 15.5 Å². The number of carbonyl (C=O) groups excluding carboxylic acids is 2. The first-order chi connectivity index (χ1) is 9.82. The maximum Gasteiger partial charge on any atom is 0.409 e. The molecule has 9 heteroatoms. The van der Waals surface area contributed by atoms with E-state index in [1.54, 1.807) is 11.8 Å². The van der Waals surface area contributed by atoms with E-state index in [-0.39, 0.29) is 31.0 Å². The lowest BCUT2D eigenvalue weighted by atomic mass is 10.0. The smallest absolute Gasteiger partial charge is 0.409 e. The highest BCUT2D eigenvalue weighted by Crippen LogP contribution is 2.26. The molecule has 0 spiro atoms. The molecule has 0 saturated carbocycles. The number of ether oxygens (including phenoxy) is 1. The van der Waals surface area contributed by atoms with E-state index >= 15 is 0 Å². The lowest BCUT2D eigenvalue weighted by Crippen LogP contribution is -2.47. The number of amides is 2. The van der Waals surface area contributed by atoms with Gasteiger partial charge in [0, 0.05) is 32.1 Å². The maximum absolute atomic E-state index is 13.0. The van der Waals surface area contributed by atoms with Crippen molar-refractivity contribution in [1.82, 2.24) is 9.80 Å². The van der Waals surface area contributed by atoms with Gasteiger partial charge in [0.1, 0.15) is 5.25 Å². The highest BCUT2D eigenvalue weighted by Gasteiger charge is 2.42. The van der Waals surface area contributed by atoms with Gasteiger partial charge in [-0.05, 0) is 19.8 Å². The quantitative estimate of drug-likeness (QED) is 0.707. The SMILES string of the molecule is CCOC(=O)N1CCC(N2CC(S(=O)(=O)F)CC2=O)CC1. The molecule has 2 aliphatic rings. The standard InChI is InChI=1S/C12H19FN2O5S/c1-2-20-12(17)14-5-3-9(4-6-14)15-8-10(7-11(15)16)21(13,18)19/h9-10H,2-8H2,1H3. The Balaban J connectivity index is 1.91. The average Bonchev–Trinajstić information content (AvgIpc) is 2.81. The van der Waals surface area contributed by atoms with Crippen molar-refractivity contribution in [3.63, 3.8) is 0 Å². The van der Waals surface area contributed by atoms with E-state index in [2.05, 4.69) is 0 Å². The van der Waals surface area contributed by atoms with Crippen LogP contribution in [-0.2, 0) is 19.8 Å². The summed E-state index contributed by atoms with van der Waals surface area (Å²) in [7, 11) is -4.69. The van der Waals surface area contributed by atoms with Gasteiger partial charge in [0.05, 0.1) is 6.61 Å². The van der Waals surface area contributed by atoms with Crippen molar-refractivity contribution in [2.24, 2.45) is 0 Å². The molecular formula is C12H19FN2O5S. The van der Waals surface area contributed by atoms with Crippen molar-refractivity contribution in [3.05, 3.63) is 0 Å². The van der Waals surface area contributed by atoms with Gasteiger partial charge in [0.25, 0.3) is 0 Å². The van der Waals surface area contributed by atoms with Crippen LogP contribution >= 0.6 is 0 Å². The molecule has 2 heterocycles. The Bertz CT molecular complexity index is 516. The molecule has 2 amide bonds. The van der Waals surface area contributed by atoms with Crippen LogP contribution in [0.15, 0.2) is 0 Å². The zero-order valence-corrected chi connectivity index (χ0v) is 12.6. The van der Waals surface area contributed by atoms with Crippen LogP contribution in [-0.4, -0.2) is 67.8 Å². The topological polar surface area (TPSA) is 84.0 Å². The number of likely N-dealkylation sites (tertiary alicyclic amines) is 2. The molecule has 1 atom stereocenters. The fourth-order valence-electron chi connectivity index (χ4n) is 2.81. The second-order valence-electron chi connectivity index (χ2n) is 5.26. The maximum atomic E-state index is 13.0. The van der Waals surface area contributed by atoms with Gasteiger partial charge >= 0.3 is 16.3 Å². The Morgan fingerprint density at radius 3 is 2.48 bits per heavy atom. The van der Waals surface area contributed by atoms with Crippen molar-refractivity contribution < 1.29 is 26.6 Å². The summed E-state index contributed by atoms with van der Waals surface area (Å²) in [6.45, 7) is 2.83. The highest BCUT2D eigenvalue weighted by atomic mass is 32.3. The molecule has 2 saturated heterocycles. The number of piperidine rings is 1. The van der Waals surface area contributed by atoms with Crippen LogP contribution in [0.1, 0.15) is 26.2 Å². The number of carbonyl (C=O) groups is 2. The van der Waals surface area contributed by atoms with E-state index in [0.29, 0.717) is 32.5 Å². The lowest BCUT2D eigenvalue weighted by Gasteiger charge is -2.36. The minimum atomic E-state index is -4.69. The van der Waals surface area contributed by atoms with Crippen LogP contribution in [0, 0.1) is 0 Å². The Morgan fingerprint density at radius 1 is 1.38 bits per heavy atom. The molecule has 1 unspecified atom stereocenters. The molecule has 2 rings (SSSR count).